The highest BCUT2D eigenvalue weighted by Gasteiger charge is 2.27. The van der Waals surface area contributed by atoms with Gasteiger partial charge in [0, 0.05) is 6.54 Å². The Hall–Kier alpha value is -1.47. The second-order valence-electron chi connectivity index (χ2n) is 5.43. The molecule has 6 nitrogen and oxygen atoms in total. The van der Waals surface area contributed by atoms with Crippen molar-refractivity contribution in [1.29, 1.82) is 0 Å². The van der Waals surface area contributed by atoms with Crippen molar-refractivity contribution in [2.75, 3.05) is 32.0 Å². The van der Waals surface area contributed by atoms with Crippen LogP contribution in [-0.4, -0.2) is 40.4 Å². The van der Waals surface area contributed by atoms with Crippen LogP contribution in [0.2, 0.25) is 0 Å². The van der Waals surface area contributed by atoms with Crippen molar-refractivity contribution in [3.8, 4) is 17.2 Å². The number of ether oxygens (including phenoxy) is 3. The van der Waals surface area contributed by atoms with Crippen molar-refractivity contribution in [2.24, 2.45) is 5.92 Å². The molecule has 116 valence electrons. The smallest absolute Gasteiger partial charge is 0.231 e. The first-order chi connectivity index (χ1) is 10.1. The van der Waals surface area contributed by atoms with Gasteiger partial charge in [-0.2, -0.15) is 0 Å². The van der Waals surface area contributed by atoms with Gasteiger partial charge >= 0.3 is 0 Å². The van der Waals surface area contributed by atoms with E-state index in [9.17, 15) is 8.42 Å². The molecule has 1 atom stereocenters. The standard InChI is InChI=1S/C14H19NO5S/c1-18-12-4-11(5-13-14(12)20-9-19-13)7-15-6-10-2-3-21(16,17)8-10/h4-5,10,15H,2-3,6-9H2,1H3. The summed E-state index contributed by atoms with van der Waals surface area (Å²) in [7, 11) is -1.21. The van der Waals surface area contributed by atoms with Gasteiger partial charge in [-0.15, -0.1) is 0 Å². The summed E-state index contributed by atoms with van der Waals surface area (Å²) in [6.45, 7) is 1.56. The Kier molecular flexibility index (Phi) is 3.95. The summed E-state index contributed by atoms with van der Waals surface area (Å²) in [6, 6.07) is 3.83. The molecule has 0 spiro atoms. The largest absolute Gasteiger partial charge is 0.493 e. The van der Waals surface area contributed by atoms with Crippen molar-refractivity contribution in [2.45, 2.75) is 13.0 Å². The van der Waals surface area contributed by atoms with Crippen molar-refractivity contribution in [1.82, 2.24) is 5.32 Å². The quantitative estimate of drug-likeness (QED) is 0.872. The molecule has 0 amide bonds. The summed E-state index contributed by atoms with van der Waals surface area (Å²) >= 11 is 0. The zero-order chi connectivity index (χ0) is 14.9. The molecule has 1 saturated heterocycles. The van der Waals surface area contributed by atoms with E-state index in [4.69, 9.17) is 14.2 Å². The Morgan fingerprint density at radius 3 is 2.95 bits per heavy atom. The average molecular weight is 313 g/mol. The van der Waals surface area contributed by atoms with Gasteiger partial charge in [0.2, 0.25) is 12.5 Å². The maximum absolute atomic E-state index is 11.4. The first-order valence-electron chi connectivity index (χ1n) is 6.95. The van der Waals surface area contributed by atoms with Crippen molar-refractivity contribution in [3.05, 3.63) is 17.7 Å². The van der Waals surface area contributed by atoms with Gasteiger partial charge in [-0.1, -0.05) is 0 Å². The van der Waals surface area contributed by atoms with Gasteiger partial charge < -0.3 is 19.5 Å². The number of hydrogen-bond donors (Lipinski definition) is 1. The van der Waals surface area contributed by atoms with Crippen LogP contribution in [0.1, 0.15) is 12.0 Å². The maximum Gasteiger partial charge on any atom is 0.231 e. The van der Waals surface area contributed by atoms with Crippen LogP contribution >= 0.6 is 0 Å². The van der Waals surface area contributed by atoms with Gasteiger partial charge in [0.1, 0.15) is 0 Å². The lowest BCUT2D eigenvalue weighted by atomic mass is 10.1. The molecule has 0 saturated carbocycles. The maximum atomic E-state index is 11.4. The number of sulfone groups is 1. The van der Waals surface area contributed by atoms with E-state index in [-0.39, 0.29) is 12.7 Å². The minimum Gasteiger partial charge on any atom is -0.493 e. The van der Waals surface area contributed by atoms with Crippen molar-refractivity contribution >= 4 is 9.84 Å². The average Bonchev–Trinajstić information content (AvgIpc) is 3.04. The Balaban J connectivity index is 1.59. The fraction of sp³-hybridized carbons (Fsp3) is 0.571. The van der Waals surface area contributed by atoms with Crippen LogP contribution in [0.3, 0.4) is 0 Å². The molecule has 1 fully saturated rings. The predicted molar refractivity (Wildman–Crippen MR) is 77.6 cm³/mol. The third-order valence-electron chi connectivity index (χ3n) is 3.81. The van der Waals surface area contributed by atoms with E-state index in [2.05, 4.69) is 5.32 Å². The van der Waals surface area contributed by atoms with Crippen LogP contribution in [0.4, 0.5) is 0 Å². The van der Waals surface area contributed by atoms with E-state index in [1.165, 1.54) is 0 Å². The Morgan fingerprint density at radius 2 is 2.24 bits per heavy atom. The van der Waals surface area contributed by atoms with Crippen LogP contribution < -0.4 is 19.5 Å². The van der Waals surface area contributed by atoms with Crippen molar-refractivity contribution in [3.63, 3.8) is 0 Å². The zero-order valence-corrected chi connectivity index (χ0v) is 12.7. The highest BCUT2D eigenvalue weighted by molar-refractivity contribution is 7.91. The summed E-state index contributed by atoms with van der Waals surface area (Å²) in [5.41, 5.74) is 1.02. The molecule has 3 rings (SSSR count). The van der Waals surface area contributed by atoms with Gasteiger partial charge in [-0.25, -0.2) is 8.42 Å². The van der Waals surface area contributed by atoms with Gasteiger partial charge in [-0.3, -0.25) is 0 Å². The Bertz CT molecular complexity index is 628. The van der Waals surface area contributed by atoms with Crippen LogP contribution in [0, 0.1) is 5.92 Å². The number of nitrogens with one attached hydrogen (secondary N) is 1. The molecule has 2 aliphatic heterocycles. The number of benzene rings is 1. The fourth-order valence-corrected chi connectivity index (χ4v) is 4.60. The molecule has 2 heterocycles. The molecule has 0 bridgehead atoms. The minimum absolute atomic E-state index is 0.211. The van der Waals surface area contributed by atoms with Crippen molar-refractivity contribution < 1.29 is 22.6 Å². The molecular weight excluding hydrogens is 294 g/mol. The summed E-state index contributed by atoms with van der Waals surface area (Å²) in [5, 5.41) is 3.31. The van der Waals surface area contributed by atoms with E-state index in [1.54, 1.807) is 7.11 Å². The predicted octanol–water partition coefficient (Wildman–Crippen LogP) is 0.948. The molecule has 0 aliphatic carbocycles. The van der Waals surface area contributed by atoms with E-state index in [0.717, 1.165) is 12.0 Å². The molecule has 0 radical (unpaired) electrons. The van der Waals surface area contributed by atoms with E-state index >= 15 is 0 Å². The molecule has 1 N–H and O–H groups in total. The third-order valence-corrected chi connectivity index (χ3v) is 5.64. The molecule has 2 aliphatic rings. The Morgan fingerprint density at radius 1 is 1.38 bits per heavy atom. The van der Waals surface area contributed by atoms with Crippen LogP contribution in [0.5, 0.6) is 17.2 Å². The molecule has 1 unspecified atom stereocenters. The van der Waals surface area contributed by atoms with Crippen LogP contribution in [0.25, 0.3) is 0 Å². The van der Waals surface area contributed by atoms with Gasteiger partial charge in [-0.05, 0) is 36.6 Å². The summed E-state index contributed by atoms with van der Waals surface area (Å²) < 4.78 is 38.8. The monoisotopic (exact) mass is 313 g/mol. The number of rotatable bonds is 5. The molecule has 1 aromatic carbocycles. The summed E-state index contributed by atoms with van der Waals surface area (Å²) in [6.07, 6.45) is 0.750. The SMILES string of the molecule is COc1cc(CNCC2CCS(=O)(=O)C2)cc2c1OCO2. The van der Waals surface area contributed by atoms with E-state index in [0.29, 0.717) is 41.8 Å². The van der Waals surface area contributed by atoms with E-state index < -0.39 is 9.84 Å². The molecule has 7 heteroatoms. The second-order valence-corrected chi connectivity index (χ2v) is 7.66. The zero-order valence-electron chi connectivity index (χ0n) is 11.9. The van der Waals surface area contributed by atoms with Crippen LogP contribution in [0.15, 0.2) is 12.1 Å². The van der Waals surface area contributed by atoms with E-state index in [1.807, 2.05) is 12.1 Å². The lowest BCUT2D eigenvalue weighted by Crippen LogP contribution is -2.23. The first-order valence-corrected chi connectivity index (χ1v) is 8.77. The topological polar surface area (TPSA) is 73.9 Å². The minimum atomic E-state index is -2.81. The Labute approximate surface area is 124 Å². The fourth-order valence-electron chi connectivity index (χ4n) is 2.74. The summed E-state index contributed by atoms with van der Waals surface area (Å²) in [4.78, 5) is 0. The lowest BCUT2D eigenvalue weighted by Gasteiger charge is -2.11. The third kappa shape index (κ3) is 3.24. The highest BCUT2D eigenvalue weighted by Crippen LogP contribution is 2.41. The summed E-state index contributed by atoms with van der Waals surface area (Å²) in [5.74, 6) is 2.82. The van der Waals surface area contributed by atoms with Gasteiger partial charge in [0.15, 0.2) is 21.3 Å². The lowest BCUT2D eigenvalue weighted by molar-refractivity contribution is 0.171. The van der Waals surface area contributed by atoms with Crippen LogP contribution in [-0.2, 0) is 16.4 Å². The second kappa shape index (κ2) is 5.73. The molecule has 1 aromatic rings. The molecule has 0 aromatic heterocycles. The number of fused-ring (bicyclic) bond motifs is 1. The highest BCUT2D eigenvalue weighted by atomic mass is 32.2. The molecular formula is C14H19NO5S. The number of hydrogen-bond acceptors (Lipinski definition) is 6. The molecule has 21 heavy (non-hydrogen) atoms. The van der Waals surface area contributed by atoms with Gasteiger partial charge in [0.25, 0.3) is 0 Å². The number of methoxy groups -OCH3 is 1. The van der Waals surface area contributed by atoms with Gasteiger partial charge in [0.05, 0.1) is 18.6 Å². The normalized spacial score (nSPS) is 22.4. The first kappa shape index (κ1) is 14.5.